The molecule has 0 fully saturated rings. The Morgan fingerprint density at radius 2 is 1.72 bits per heavy atom. The zero-order valence-electron chi connectivity index (χ0n) is 8.92. The van der Waals surface area contributed by atoms with Crippen LogP contribution in [-0.4, -0.2) is 9.97 Å². The van der Waals surface area contributed by atoms with Crippen molar-refractivity contribution < 1.29 is 13.2 Å². The number of halogens is 3. The first-order chi connectivity index (χ1) is 8.60. The van der Waals surface area contributed by atoms with Gasteiger partial charge in [-0.15, -0.1) is 0 Å². The number of nitrogens with one attached hydrogen (secondary N) is 2. The number of nitrogens with zero attached hydrogens (tertiary/aromatic N) is 2. The zero-order chi connectivity index (χ0) is 13.1. The Balaban J connectivity index is 2.33. The van der Waals surface area contributed by atoms with E-state index in [0.29, 0.717) is 6.07 Å². The number of nitrogens with two attached hydrogens (primary N) is 1. The number of hydrogen-bond donors (Lipinski definition) is 3. The van der Waals surface area contributed by atoms with Gasteiger partial charge in [0.15, 0.2) is 11.6 Å². The summed E-state index contributed by atoms with van der Waals surface area (Å²) in [6.07, 6.45) is 1.16. The summed E-state index contributed by atoms with van der Waals surface area (Å²) in [6.45, 7) is 0. The van der Waals surface area contributed by atoms with Crippen LogP contribution in [0.4, 0.5) is 30.5 Å². The molecule has 94 valence electrons. The fourth-order valence-electron chi connectivity index (χ4n) is 1.29. The first-order valence-corrected chi connectivity index (χ1v) is 4.80. The molecule has 0 unspecified atom stereocenters. The van der Waals surface area contributed by atoms with Crippen LogP contribution in [0.5, 0.6) is 0 Å². The summed E-state index contributed by atoms with van der Waals surface area (Å²) in [5.41, 5.74) is 1.89. The third-order valence-electron chi connectivity index (χ3n) is 2.07. The number of rotatable bonds is 3. The van der Waals surface area contributed by atoms with Crippen LogP contribution >= 0.6 is 0 Å². The van der Waals surface area contributed by atoms with Crippen LogP contribution in [0.25, 0.3) is 0 Å². The van der Waals surface area contributed by atoms with E-state index in [2.05, 4.69) is 20.7 Å². The lowest BCUT2D eigenvalue weighted by atomic mass is 10.3. The topological polar surface area (TPSA) is 75.9 Å². The number of aromatic nitrogens is 2. The van der Waals surface area contributed by atoms with Crippen LogP contribution in [0.3, 0.4) is 0 Å². The molecule has 4 N–H and O–H groups in total. The molecule has 1 aromatic carbocycles. The number of hydrogen-bond acceptors (Lipinski definition) is 5. The first kappa shape index (κ1) is 12.1. The number of benzene rings is 1. The van der Waals surface area contributed by atoms with Gasteiger partial charge in [-0.05, 0) is 0 Å². The molecule has 2 rings (SSSR count). The molecule has 0 saturated heterocycles. The van der Waals surface area contributed by atoms with Gasteiger partial charge in [0.2, 0.25) is 0 Å². The van der Waals surface area contributed by atoms with Crippen molar-refractivity contribution in [1.29, 1.82) is 0 Å². The molecule has 0 spiro atoms. The summed E-state index contributed by atoms with van der Waals surface area (Å²) in [6, 6.07) is 2.62. The second-order valence-electron chi connectivity index (χ2n) is 3.31. The normalized spacial score (nSPS) is 10.2. The molecular formula is C10H8F3N5. The summed E-state index contributed by atoms with van der Waals surface area (Å²) in [5.74, 6) is 2.15. The molecule has 0 amide bonds. The molecule has 5 nitrogen and oxygen atoms in total. The van der Waals surface area contributed by atoms with E-state index in [1.165, 1.54) is 6.07 Å². The van der Waals surface area contributed by atoms with E-state index in [-0.39, 0.29) is 17.3 Å². The van der Waals surface area contributed by atoms with E-state index in [9.17, 15) is 13.2 Å². The van der Waals surface area contributed by atoms with Crippen LogP contribution in [-0.2, 0) is 0 Å². The van der Waals surface area contributed by atoms with Gasteiger partial charge in [-0.1, -0.05) is 0 Å². The monoisotopic (exact) mass is 255 g/mol. The largest absolute Gasteiger partial charge is 0.338 e. The standard InChI is InChI=1S/C10H8F3N5/c11-5-1-6(12)10(13)7(2-5)17-8-3-9(18-14)16-4-15-8/h1-4H,14H2,(H2,15,16,17,18). The highest BCUT2D eigenvalue weighted by atomic mass is 19.2. The molecule has 1 heterocycles. The fraction of sp³-hybridized carbons (Fsp3) is 0. The molecule has 8 heteroatoms. The van der Waals surface area contributed by atoms with Gasteiger partial charge in [0.1, 0.15) is 23.8 Å². The Bertz CT molecular complexity index is 575. The predicted octanol–water partition coefficient (Wildman–Crippen LogP) is 1.92. The molecule has 18 heavy (non-hydrogen) atoms. The summed E-state index contributed by atoms with van der Waals surface area (Å²) in [7, 11) is 0. The third-order valence-corrected chi connectivity index (χ3v) is 2.07. The Hall–Kier alpha value is -2.35. The highest BCUT2D eigenvalue weighted by molar-refractivity contribution is 5.59. The first-order valence-electron chi connectivity index (χ1n) is 4.80. The minimum atomic E-state index is -1.29. The van der Waals surface area contributed by atoms with E-state index in [0.717, 1.165) is 12.4 Å². The average molecular weight is 255 g/mol. The average Bonchev–Trinajstić information content (AvgIpc) is 2.35. The second-order valence-corrected chi connectivity index (χ2v) is 3.31. The SMILES string of the molecule is NNc1cc(Nc2cc(F)cc(F)c2F)ncn1. The highest BCUT2D eigenvalue weighted by Gasteiger charge is 2.11. The van der Waals surface area contributed by atoms with E-state index < -0.39 is 17.5 Å². The number of hydrazine groups is 1. The number of anilines is 3. The van der Waals surface area contributed by atoms with Crippen LogP contribution in [0.1, 0.15) is 0 Å². The Morgan fingerprint density at radius 3 is 2.44 bits per heavy atom. The minimum Gasteiger partial charge on any atom is -0.338 e. The molecule has 1 aromatic heterocycles. The predicted molar refractivity (Wildman–Crippen MR) is 59.4 cm³/mol. The Kier molecular flexibility index (Phi) is 3.28. The van der Waals surface area contributed by atoms with E-state index >= 15 is 0 Å². The Morgan fingerprint density at radius 1 is 1.00 bits per heavy atom. The molecule has 0 atom stereocenters. The molecule has 0 aliphatic rings. The van der Waals surface area contributed by atoms with Gasteiger partial charge in [0.05, 0.1) is 5.69 Å². The van der Waals surface area contributed by atoms with E-state index in [1.54, 1.807) is 0 Å². The molecule has 0 radical (unpaired) electrons. The maximum Gasteiger partial charge on any atom is 0.182 e. The molecule has 2 aromatic rings. The van der Waals surface area contributed by atoms with Crippen molar-refractivity contribution in [2.45, 2.75) is 0 Å². The second kappa shape index (κ2) is 4.88. The van der Waals surface area contributed by atoms with Gasteiger partial charge < -0.3 is 10.7 Å². The molecule has 0 saturated carbocycles. The minimum absolute atomic E-state index is 0.141. The van der Waals surface area contributed by atoms with Gasteiger partial charge in [0, 0.05) is 18.2 Å². The van der Waals surface area contributed by atoms with Crippen LogP contribution in [0, 0.1) is 17.5 Å². The molecule has 0 bridgehead atoms. The third kappa shape index (κ3) is 2.48. The van der Waals surface area contributed by atoms with Gasteiger partial charge in [-0.3, -0.25) is 0 Å². The lowest BCUT2D eigenvalue weighted by molar-refractivity contribution is 0.498. The summed E-state index contributed by atoms with van der Waals surface area (Å²) in [5, 5.41) is 2.43. The summed E-state index contributed by atoms with van der Waals surface area (Å²) < 4.78 is 39.3. The van der Waals surface area contributed by atoms with Gasteiger partial charge in [-0.2, -0.15) is 0 Å². The molecule has 0 aliphatic carbocycles. The van der Waals surface area contributed by atoms with E-state index in [1.807, 2.05) is 0 Å². The van der Waals surface area contributed by atoms with Crippen LogP contribution < -0.4 is 16.6 Å². The summed E-state index contributed by atoms with van der Waals surface area (Å²) >= 11 is 0. The van der Waals surface area contributed by atoms with Crippen LogP contribution in [0.15, 0.2) is 24.5 Å². The maximum atomic E-state index is 13.4. The Labute approximate surface area is 99.8 Å². The quantitative estimate of drug-likeness (QED) is 0.444. The van der Waals surface area contributed by atoms with Crippen molar-refractivity contribution in [3.05, 3.63) is 42.0 Å². The van der Waals surface area contributed by atoms with Crippen molar-refractivity contribution in [3.8, 4) is 0 Å². The smallest absolute Gasteiger partial charge is 0.182 e. The lowest BCUT2D eigenvalue weighted by Crippen LogP contribution is -2.09. The number of nitrogen functional groups attached to an aromatic ring is 1. The molecule has 0 aliphatic heterocycles. The maximum absolute atomic E-state index is 13.4. The molecular weight excluding hydrogens is 247 g/mol. The van der Waals surface area contributed by atoms with E-state index in [4.69, 9.17) is 5.84 Å². The van der Waals surface area contributed by atoms with Gasteiger partial charge in [-0.25, -0.2) is 29.0 Å². The summed E-state index contributed by atoms with van der Waals surface area (Å²) in [4.78, 5) is 7.48. The van der Waals surface area contributed by atoms with Crippen molar-refractivity contribution in [2.75, 3.05) is 10.7 Å². The van der Waals surface area contributed by atoms with Crippen molar-refractivity contribution in [1.82, 2.24) is 9.97 Å². The lowest BCUT2D eigenvalue weighted by Gasteiger charge is -2.08. The van der Waals surface area contributed by atoms with Gasteiger partial charge in [0.25, 0.3) is 0 Å². The van der Waals surface area contributed by atoms with Crippen LogP contribution in [0.2, 0.25) is 0 Å². The zero-order valence-corrected chi connectivity index (χ0v) is 8.92. The highest BCUT2D eigenvalue weighted by Crippen LogP contribution is 2.22. The van der Waals surface area contributed by atoms with Gasteiger partial charge >= 0.3 is 0 Å². The van der Waals surface area contributed by atoms with Crippen molar-refractivity contribution in [3.63, 3.8) is 0 Å². The van der Waals surface area contributed by atoms with Crippen molar-refractivity contribution >= 4 is 17.3 Å². The van der Waals surface area contributed by atoms with Crippen molar-refractivity contribution in [2.24, 2.45) is 5.84 Å². The fourth-order valence-corrected chi connectivity index (χ4v) is 1.29.